The predicted octanol–water partition coefficient (Wildman–Crippen LogP) is 1.32. The lowest BCUT2D eigenvalue weighted by atomic mass is 9.87. The topological polar surface area (TPSA) is 21.5 Å². The number of rotatable bonds is 4. The lowest BCUT2D eigenvalue weighted by Crippen LogP contribution is -3.08. The average Bonchev–Trinajstić information content (AvgIpc) is 2.94. The summed E-state index contributed by atoms with van der Waals surface area (Å²) >= 11 is 0. The first-order valence-corrected chi connectivity index (χ1v) is 7.13. The standard InChI is InChI=1S/C16H21NO/c1-17(10-12-5-3-2-4-6-12)11-15-13-7-8-14(9-13)16(15)18/h2-6,13-15H,7-11H2,1H3/p+1. The summed E-state index contributed by atoms with van der Waals surface area (Å²) in [6.45, 7) is 2.05. The average molecular weight is 244 g/mol. The molecule has 2 bridgehead atoms. The molecule has 1 N–H and O–H groups in total. The van der Waals surface area contributed by atoms with Gasteiger partial charge in [0.1, 0.15) is 12.3 Å². The van der Waals surface area contributed by atoms with E-state index in [0.717, 1.165) is 19.5 Å². The molecule has 2 fully saturated rings. The minimum Gasteiger partial charge on any atom is -0.333 e. The van der Waals surface area contributed by atoms with Crippen molar-refractivity contribution in [2.45, 2.75) is 25.8 Å². The molecular weight excluding hydrogens is 222 g/mol. The number of benzene rings is 1. The third-order valence-corrected chi connectivity index (χ3v) is 4.73. The first-order valence-electron chi connectivity index (χ1n) is 7.13. The van der Waals surface area contributed by atoms with E-state index in [1.54, 1.807) is 0 Å². The minimum absolute atomic E-state index is 0.354. The summed E-state index contributed by atoms with van der Waals surface area (Å²) in [5.41, 5.74) is 1.37. The van der Waals surface area contributed by atoms with E-state index in [1.807, 2.05) is 0 Å². The van der Waals surface area contributed by atoms with Crippen LogP contribution in [0.5, 0.6) is 0 Å². The summed E-state index contributed by atoms with van der Waals surface area (Å²) in [5.74, 6) is 2.05. The van der Waals surface area contributed by atoms with E-state index < -0.39 is 0 Å². The monoisotopic (exact) mass is 244 g/mol. The van der Waals surface area contributed by atoms with Crippen LogP contribution >= 0.6 is 0 Å². The second kappa shape index (κ2) is 4.85. The van der Waals surface area contributed by atoms with Crippen molar-refractivity contribution in [1.82, 2.24) is 0 Å². The lowest BCUT2D eigenvalue weighted by molar-refractivity contribution is -0.896. The zero-order chi connectivity index (χ0) is 12.5. The van der Waals surface area contributed by atoms with Crippen LogP contribution in [0.2, 0.25) is 0 Å². The van der Waals surface area contributed by atoms with Gasteiger partial charge in [0.05, 0.1) is 19.5 Å². The maximum atomic E-state index is 12.1. The van der Waals surface area contributed by atoms with Gasteiger partial charge in [-0.3, -0.25) is 4.79 Å². The van der Waals surface area contributed by atoms with E-state index in [4.69, 9.17) is 0 Å². The smallest absolute Gasteiger partial charge is 0.144 e. The van der Waals surface area contributed by atoms with Crippen molar-refractivity contribution in [3.8, 4) is 0 Å². The van der Waals surface area contributed by atoms with E-state index in [-0.39, 0.29) is 0 Å². The molecule has 0 saturated heterocycles. The molecule has 0 heterocycles. The highest BCUT2D eigenvalue weighted by Gasteiger charge is 2.47. The van der Waals surface area contributed by atoms with Gasteiger partial charge in [0.15, 0.2) is 0 Å². The molecule has 4 unspecified atom stereocenters. The van der Waals surface area contributed by atoms with E-state index in [1.165, 1.54) is 23.3 Å². The van der Waals surface area contributed by atoms with Gasteiger partial charge in [-0.2, -0.15) is 0 Å². The number of quaternary nitrogens is 1. The van der Waals surface area contributed by atoms with E-state index in [0.29, 0.717) is 23.5 Å². The molecular formula is C16H22NO+. The summed E-state index contributed by atoms with van der Waals surface area (Å²) < 4.78 is 0. The lowest BCUT2D eigenvalue weighted by Gasteiger charge is -2.23. The summed E-state index contributed by atoms with van der Waals surface area (Å²) in [6.07, 6.45) is 3.64. The second-order valence-electron chi connectivity index (χ2n) is 6.10. The molecule has 0 aliphatic heterocycles. The molecule has 2 aliphatic carbocycles. The number of Topliss-reactive ketones (excluding diaryl/α,β-unsaturated/α-hetero) is 1. The Bertz CT molecular complexity index is 428. The maximum Gasteiger partial charge on any atom is 0.144 e. The SMILES string of the molecule is C[NH+](Cc1ccccc1)CC1C(=O)C2CCC1C2. The molecule has 2 heteroatoms. The molecule has 0 amide bonds. The van der Waals surface area contributed by atoms with Crippen LogP contribution in [0.3, 0.4) is 0 Å². The number of nitrogens with one attached hydrogen (secondary N) is 1. The van der Waals surface area contributed by atoms with E-state index >= 15 is 0 Å². The van der Waals surface area contributed by atoms with Gasteiger partial charge in [-0.25, -0.2) is 0 Å². The molecule has 0 aromatic heterocycles. The van der Waals surface area contributed by atoms with Crippen LogP contribution < -0.4 is 4.90 Å². The van der Waals surface area contributed by atoms with Crippen molar-refractivity contribution < 1.29 is 9.69 Å². The van der Waals surface area contributed by atoms with Gasteiger partial charge in [-0.1, -0.05) is 30.3 Å². The van der Waals surface area contributed by atoms with Crippen LogP contribution in [0.4, 0.5) is 0 Å². The molecule has 0 spiro atoms. The summed E-state index contributed by atoms with van der Waals surface area (Å²) in [6, 6.07) is 10.6. The minimum atomic E-state index is 0.354. The molecule has 18 heavy (non-hydrogen) atoms. The third-order valence-electron chi connectivity index (χ3n) is 4.73. The molecule has 3 rings (SSSR count). The van der Waals surface area contributed by atoms with Gasteiger partial charge in [-0.05, 0) is 25.2 Å². The highest BCUT2D eigenvalue weighted by molar-refractivity contribution is 5.86. The van der Waals surface area contributed by atoms with E-state index in [9.17, 15) is 4.79 Å². The maximum absolute atomic E-state index is 12.1. The van der Waals surface area contributed by atoms with Gasteiger partial charge in [0, 0.05) is 11.5 Å². The first kappa shape index (κ1) is 11.9. The Kier molecular flexibility index (Phi) is 3.21. The Labute approximate surface area is 109 Å². The van der Waals surface area contributed by atoms with Crippen LogP contribution in [-0.2, 0) is 11.3 Å². The fourth-order valence-electron chi connectivity index (χ4n) is 3.83. The molecule has 2 saturated carbocycles. The number of carbonyl (C=O) groups is 1. The first-order chi connectivity index (χ1) is 8.74. The van der Waals surface area contributed by atoms with Gasteiger partial charge in [0.2, 0.25) is 0 Å². The zero-order valence-corrected chi connectivity index (χ0v) is 11.1. The molecule has 2 nitrogen and oxygen atoms in total. The van der Waals surface area contributed by atoms with Gasteiger partial charge in [0.25, 0.3) is 0 Å². The Hall–Kier alpha value is -1.15. The number of hydrogen-bond donors (Lipinski definition) is 1. The predicted molar refractivity (Wildman–Crippen MR) is 71.2 cm³/mol. The fourth-order valence-corrected chi connectivity index (χ4v) is 3.83. The Morgan fingerprint density at radius 3 is 2.67 bits per heavy atom. The quantitative estimate of drug-likeness (QED) is 0.847. The Morgan fingerprint density at radius 1 is 1.22 bits per heavy atom. The largest absolute Gasteiger partial charge is 0.333 e. The molecule has 4 atom stereocenters. The Morgan fingerprint density at radius 2 is 2.00 bits per heavy atom. The van der Waals surface area contributed by atoms with Crippen molar-refractivity contribution in [2.75, 3.05) is 13.6 Å². The highest BCUT2D eigenvalue weighted by Crippen LogP contribution is 2.45. The summed E-state index contributed by atoms with van der Waals surface area (Å²) in [4.78, 5) is 13.6. The fraction of sp³-hybridized carbons (Fsp3) is 0.562. The third kappa shape index (κ3) is 2.22. The van der Waals surface area contributed by atoms with Crippen LogP contribution in [0.25, 0.3) is 0 Å². The zero-order valence-electron chi connectivity index (χ0n) is 11.1. The van der Waals surface area contributed by atoms with Crippen molar-refractivity contribution >= 4 is 5.78 Å². The summed E-state index contributed by atoms with van der Waals surface area (Å²) in [5, 5.41) is 0. The highest BCUT2D eigenvalue weighted by atomic mass is 16.1. The molecule has 96 valence electrons. The number of fused-ring (bicyclic) bond motifs is 2. The van der Waals surface area contributed by atoms with Gasteiger partial charge < -0.3 is 4.90 Å². The van der Waals surface area contributed by atoms with Crippen LogP contribution in [-0.4, -0.2) is 19.4 Å². The van der Waals surface area contributed by atoms with E-state index in [2.05, 4.69) is 37.4 Å². The van der Waals surface area contributed by atoms with Crippen LogP contribution in [0, 0.1) is 17.8 Å². The molecule has 2 aliphatic rings. The van der Waals surface area contributed by atoms with Crippen LogP contribution in [0.15, 0.2) is 30.3 Å². The van der Waals surface area contributed by atoms with Crippen molar-refractivity contribution in [3.63, 3.8) is 0 Å². The van der Waals surface area contributed by atoms with Crippen LogP contribution in [0.1, 0.15) is 24.8 Å². The van der Waals surface area contributed by atoms with Crippen molar-refractivity contribution in [3.05, 3.63) is 35.9 Å². The normalized spacial score (nSPS) is 31.8. The summed E-state index contributed by atoms with van der Waals surface area (Å²) in [7, 11) is 2.21. The number of ketones is 1. The molecule has 0 radical (unpaired) electrons. The van der Waals surface area contributed by atoms with Crippen molar-refractivity contribution in [1.29, 1.82) is 0 Å². The second-order valence-corrected chi connectivity index (χ2v) is 6.10. The molecule has 1 aromatic carbocycles. The van der Waals surface area contributed by atoms with Gasteiger partial charge >= 0.3 is 0 Å². The number of carbonyl (C=O) groups excluding carboxylic acids is 1. The van der Waals surface area contributed by atoms with Crippen molar-refractivity contribution in [2.24, 2.45) is 17.8 Å². The van der Waals surface area contributed by atoms with Gasteiger partial charge in [-0.15, -0.1) is 0 Å². The Balaban J connectivity index is 1.58. The molecule has 1 aromatic rings. The number of hydrogen-bond acceptors (Lipinski definition) is 1.